The zero-order valence-electron chi connectivity index (χ0n) is 11.9. The third-order valence-corrected chi connectivity index (χ3v) is 3.80. The van der Waals surface area contributed by atoms with Crippen LogP contribution >= 0.6 is 11.6 Å². The summed E-state index contributed by atoms with van der Waals surface area (Å²) in [6.07, 6.45) is 0. The molecule has 3 nitrogen and oxygen atoms in total. The highest BCUT2D eigenvalue weighted by atomic mass is 35.5. The molecule has 0 aliphatic carbocycles. The lowest BCUT2D eigenvalue weighted by molar-refractivity contribution is 0.415. The Labute approximate surface area is 124 Å². The predicted octanol–water partition coefficient (Wildman–Crippen LogP) is 4.13. The van der Waals surface area contributed by atoms with Crippen molar-refractivity contribution in [2.75, 3.05) is 24.8 Å². The molecule has 2 rings (SSSR count). The first-order chi connectivity index (χ1) is 9.52. The number of nitrogens with zero attached hydrogens (tertiary/aromatic N) is 1. The van der Waals surface area contributed by atoms with Crippen LogP contribution in [0.4, 0.5) is 11.4 Å². The minimum Gasteiger partial charge on any atom is -0.497 e. The molecular formula is C16H19ClN2O. The molecule has 0 saturated carbocycles. The summed E-state index contributed by atoms with van der Waals surface area (Å²) < 4.78 is 5.26. The second-order valence-corrected chi connectivity index (χ2v) is 5.20. The molecule has 0 aromatic heterocycles. The van der Waals surface area contributed by atoms with Crippen molar-refractivity contribution in [1.82, 2.24) is 0 Å². The largest absolute Gasteiger partial charge is 0.497 e. The maximum Gasteiger partial charge on any atom is 0.121 e. The number of halogens is 1. The lowest BCUT2D eigenvalue weighted by Crippen LogP contribution is -2.22. The second-order valence-electron chi connectivity index (χ2n) is 4.76. The fraction of sp³-hybridized carbons (Fsp3) is 0.250. The van der Waals surface area contributed by atoms with Gasteiger partial charge in [-0.1, -0.05) is 23.7 Å². The van der Waals surface area contributed by atoms with Gasteiger partial charge in [0.1, 0.15) is 5.75 Å². The standard InChI is InChI=1S/C16H19ClN2O/c1-11(12-4-6-13(17)7-5-12)19(2)16-10-14(20-3)8-9-15(16)18/h4-11H,18H2,1-3H3. The predicted molar refractivity (Wildman–Crippen MR) is 85.7 cm³/mol. The number of anilines is 2. The van der Waals surface area contributed by atoms with E-state index in [0.717, 1.165) is 22.1 Å². The number of methoxy groups -OCH3 is 1. The Kier molecular flexibility index (Phi) is 4.40. The molecule has 0 radical (unpaired) electrons. The average Bonchev–Trinajstić information content (AvgIpc) is 2.47. The van der Waals surface area contributed by atoms with Gasteiger partial charge in [-0.05, 0) is 36.8 Å². The van der Waals surface area contributed by atoms with Gasteiger partial charge in [-0.25, -0.2) is 0 Å². The molecule has 106 valence electrons. The second kappa shape index (κ2) is 6.06. The first kappa shape index (κ1) is 14.5. The summed E-state index contributed by atoms with van der Waals surface area (Å²) in [7, 11) is 3.67. The summed E-state index contributed by atoms with van der Waals surface area (Å²) in [5.74, 6) is 0.796. The van der Waals surface area contributed by atoms with Crippen LogP contribution in [0, 0.1) is 0 Å². The summed E-state index contributed by atoms with van der Waals surface area (Å²) in [5, 5.41) is 0.740. The molecule has 1 unspecified atom stereocenters. The van der Waals surface area contributed by atoms with Gasteiger partial charge >= 0.3 is 0 Å². The van der Waals surface area contributed by atoms with Crippen LogP contribution in [0.3, 0.4) is 0 Å². The van der Waals surface area contributed by atoms with Crippen molar-refractivity contribution >= 4 is 23.0 Å². The Hall–Kier alpha value is -1.87. The Morgan fingerprint density at radius 3 is 2.40 bits per heavy atom. The summed E-state index contributed by atoms with van der Waals surface area (Å²) in [4.78, 5) is 2.13. The van der Waals surface area contributed by atoms with E-state index >= 15 is 0 Å². The van der Waals surface area contributed by atoms with E-state index in [1.54, 1.807) is 7.11 Å². The lowest BCUT2D eigenvalue weighted by atomic mass is 10.1. The molecule has 2 aromatic rings. The summed E-state index contributed by atoms with van der Waals surface area (Å²) in [6.45, 7) is 2.13. The molecule has 2 N–H and O–H groups in total. The Bertz CT molecular complexity index is 584. The average molecular weight is 291 g/mol. The van der Waals surface area contributed by atoms with Gasteiger partial charge in [-0.3, -0.25) is 0 Å². The lowest BCUT2D eigenvalue weighted by Gasteiger charge is -2.29. The fourth-order valence-corrected chi connectivity index (χ4v) is 2.26. The fourth-order valence-electron chi connectivity index (χ4n) is 2.13. The van der Waals surface area contributed by atoms with Gasteiger partial charge in [0.15, 0.2) is 0 Å². The molecule has 1 atom stereocenters. The molecule has 0 aliphatic rings. The normalized spacial score (nSPS) is 12.0. The first-order valence-corrected chi connectivity index (χ1v) is 6.82. The quantitative estimate of drug-likeness (QED) is 0.861. The topological polar surface area (TPSA) is 38.5 Å². The smallest absolute Gasteiger partial charge is 0.121 e. The van der Waals surface area contributed by atoms with Crippen molar-refractivity contribution in [3.63, 3.8) is 0 Å². The molecule has 0 saturated heterocycles. The number of nitrogen functional groups attached to an aromatic ring is 1. The maximum absolute atomic E-state index is 6.07. The van der Waals surface area contributed by atoms with Crippen molar-refractivity contribution in [3.05, 3.63) is 53.1 Å². The van der Waals surface area contributed by atoms with Crippen LogP contribution in [0.25, 0.3) is 0 Å². The van der Waals surface area contributed by atoms with Gasteiger partial charge < -0.3 is 15.4 Å². The number of ether oxygens (including phenoxy) is 1. The number of hydrogen-bond acceptors (Lipinski definition) is 3. The number of rotatable bonds is 4. The molecule has 2 aromatic carbocycles. The van der Waals surface area contributed by atoms with Crippen molar-refractivity contribution in [1.29, 1.82) is 0 Å². The summed E-state index contributed by atoms with van der Waals surface area (Å²) >= 11 is 5.93. The van der Waals surface area contributed by atoms with Crippen LogP contribution in [0.15, 0.2) is 42.5 Å². The highest BCUT2D eigenvalue weighted by Crippen LogP contribution is 2.33. The van der Waals surface area contributed by atoms with E-state index in [1.807, 2.05) is 49.5 Å². The van der Waals surface area contributed by atoms with Crippen LogP contribution in [0.5, 0.6) is 5.75 Å². The van der Waals surface area contributed by atoms with Crippen molar-refractivity contribution in [2.45, 2.75) is 13.0 Å². The van der Waals surface area contributed by atoms with Gasteiger partial charge in [0.2, 0.25) is 0 Å². The molecular weight excluding hydrogens is 272 g/mol. The summed E-state index contributed by atoms with van der Waals surface area (Å²) in [6, 6.07) is 13.7. The molecule has 4 heteroatoms. The van der Waals surface area contributed by atoms with Gasteiger partial charge in [0.05, 0.1) is 24.5 Å². The monoisotopic (exact) mass is 290 g/mol. The minimum atomic E-state index is 0.182. The molecule has 0 heterocycles. The van der Waals surface area contributed by atoms with Crippen LogP contribution in [0.2, 0.25) is 5.02 Å². The van der Waals surface area contributed by atoms with Crippen LogP contribution < -0.4 is 15.4 Å². The van der Waals surface area contributed by atoms with Gasteiger partial charge in [0.25, 0.3) is 0 Å². The van der Waals surface area contributed by atoms with E-state index in [1.165, 1.54) is 5.56 Å². The third-order valence-electron chi connectivity index (χ3n) is 3.55. The molecule has 0 aliphatic heterocycles. The van der Waals surface area contributed by atoms with Gasteiger partial charge in [-0.2, -0.15) is 0 Å². The Morgan fingerprint density at radius 2 is 1.80 bits per heavy atom. The van der Waals surface area contributed by atoms with E-state index in [-0.39, 0.29) is 6.04 Å². The molecule has 0 fully saturated rings. The van der Waals surface area contributed by atoms with E-state index < -0.39 is 0 Å². The third kappa shape index (κ3) is 2.99. The number of benzene rings is 2. The first-order valence-electron chi connectivity index (χ1n) is 6.44. The molecule has 0 bridgehead atoms. The zero-order valence-corrected chi connectivity index (χ0v) is 12.7. The Morgan fingerprint density at radius 1 is 1.15 bits per heavy atom. The van der Waals surface area contributed by atoms with Gasteiger partial charge in [0, 0.05) is 18.1 Å². The molecule has 0 spiro atoms. The zero-order chi connectivity index (χ0) is 14.7. The van der Waals surface area contributed by atoms with E-state index in [4.69, 9.17) is 22.1 Å². The number of nitrogens with two attached hydrogens (primary N) is 1. The molecule has 20 heavy (non-hydrogen) atoms. The van der Waals surface area contributed by atoms with Crippen LogP contribution in [-0.2, 0) is 0 Å². The van der Waals surface area contributed by atoms with E-state index in [0.29, 0.717) is 0 Å². The van der Waals surface area contributed by atoms with Crippen molar-refractivity contribution in [3.8, 4) is 5.75 Å². The van der Waals surface area contributed by atoms with Gasteiger partial charge in [-0.15, -0.1) is 0 Å². The van der Waals surface area contributed by atoms with Crippen molar-refractivity contribution in [2.24, 2.45) is 0 Å². The summed E-state index contributed by atoms with van der Waals surface area (Å²) in [5.41, 5.74) is 8.93. The maximum atomic E-state index is 6.07. The highest BCUT2D eigenvalue weighted by molar-refractivity contribution is 6.30. The molecule has 0 amide bonds. The SMILES string of the molecule is COc1ccc(N)c(N(C)C(C)c2ccc(Cl)cc2)c1. The van der Waals surface area contributed by atoms with Crippen molar-refractivity contribution < 1.29 is 4.74 Å². The Balaban J connectivity index is 2.30. The van der Waals surface area contributed by atoms with E-state index in [9.17, 15) is 0 Å². The van der Waals surface area contributed by atoms with Crippen LogP contribution in [0.1, 0.15) is 18.5 Å². The number of hydrogen-bond donors (Lipinski definition) is 1. The highest BCUT2D eigenvalue weighted by Gasteiger charge is 2.15. The minimum absolute atomic E-state index is 0.182. The van der Waals surface area contributed by atoms with E-state index in [2.05, 4.69) is 11.8 Å². The van der Waals surface area contributed by atoms with Crippen LogP contribution in [-0.4, -0.2) is 14.2 Å².